The number of hydrogen-bond donors (Lipinski definition) is 1. The van der Waals surface area contributed by atoms with Crippen LogP contribution in [-0.2, 0) is 29.2 Å². The molecule has 31 heavy (non-hydrogen) atoms. The molecule has 1 aromatic carbocycles. The molecule has 0 saturated carbocycles. The molecule has 3 heterocycles. The van der Waals surface area contributed by atoms with E-state index in [-0.39, 0.29) is 0 Å². The van der Waals surface area contributed by atoms with E-state index in [2.05, 4.69) is 26.6 Å². The molecule has 11 heteroatoms. The Morgan fingerprint density at radius 2 is 2.03 bits per heavy atom. The minimum Gasteiger partial charge on any atom is -0.475 e. The van der Waals surface area contributed by atoms with Crippen molar-refractivity contribution in [3.8, 4) is 11.5 Å². The number of fused-ring (bicyclic) bond motifs is 2. The number of carboxylic acids is 1. The Labute approximate surface area is 177 Å². The molecule has 2 aliphatic heterocycles. The molecule has 4 rings (SSSR count). The van der Waals surface area contributed by atoms with E-state index in [0.717, 1.165) is 50.9 Å². The number of carbonyl (C=O) groups is 1. The van der Waals surface area contributed by atoms with E-state index in [1.807, 2.05) is 25.5 Å². The zero-order valence-corrected chi connectivity index (χ0v) is 17.0. The minimum atomic E-state index is -5.08. The maximum atomic E-state index is 10.6. The third-order valence-corrected chi connectivity index (χ3v) is 4.80. The largest absolute Gasteiger partial charge is 0.490 e. The van der Waals surface area contributed by atoms with Crippen LogP contribution in [0.15, 0.2) is 30.7 Å². The van der Waals surface area contributed by atoms with Crippen molar-refractivity contribution >= 4 is 5.97 Å². The fourth-order valence-electron chi connectivity index (χ4n) is 3.45. The standard InChI is InChI=1S/C18H23N3O3.C2HF3O2/c1-2-22-11-15-8-20(10-16-6-19-12-21(16)9-15)7-14-3-4-17-18(5-14)24-13-23-17;3-2(4,5)1(6)7/h3-6,12,15H,2,7-11,13H2,1H3;(H,6,7). The van der Waals surface area contributed by atoms with Gasteiger partial charge >= 0.3 is 12.1 Å². The van der Waals surface area contributed by atoms with Crippen LogP contribution in [-0.4, -0.2) is 58.3 Å². The van der Waals surface area contributed by atoms with Gasteiger partial charge in [-0.05, 0) is 24.6 Å². The third kappa shape index (κ3) is 6.34. The predicted octanol–water partition coefficient (Wildman–Crippen LogP) is 2.91. The SMILES string of the molecule is CCOCC1CN(Cc2ccc3c(c2)OCO3)Cc2cncn2C1.O=C(O)C(F)(F)F. The predicted molar refractivity (Wildman–Crippen MR) is 103 cm³/mol. The summed E-state index contributed by atoms with van der Waals surface area (Å²) in [5.74, 6) is -0.609. The van der Waals surface area contributed by atoms with Crippen molar-refractivity contribution in [3.05, 3.63) is 42.0 Å². The maximum Gasteiger partial charge on any atom is 0.490 e. The van der Waals surface area contributed by atoms with Crippen molar-refractivity contribution < 1.29 is 37.3 Å². The molecule has 170 valence electrons. The molecule has 1 unspecified atom stereocenters. The van der Waals surface area contributed by atoms with E-state index in [0.29, 0.717) is 12.7 Å². The molecule has 2 aromatic rings. The summed E-state index contributed by atoms with van der Waals surface area (Å²) < 4.78 is 50.6. The van der Waals surface area contributed by atoms with Crippen molar-refractivity contribution in [3.63, 3.8) is 0 Å². The van der Waals surface area contributed by atoms with Gasteiger partial charge in [0.1, 0.15) is 0 Å². The number of aromatic nitrogens is 2. The van der Waals surface area contributed by atoms with Crippen LogP contribution in [0.25, 0.3) is 0 Å². The van der Waals surface area contributed by atoms with Crippen LogP contribution in [0.5, 0.6) is 11.5 Å². The van der Waals surface area contributed by atoms with Crippen LogP contribution in [0.1, 0.15) is 18.2 Å². The molecule has 0 radical (unpaired) electrons. The fraction of sp³-hybridized carbons (Fsp3) is 0.500. The summed E-state index contributed by atoms with van der Waals surface area (Å²) in [4.78, 5) is 15.7. The second kappa shape index (κ2) is 10.0. The van der Waals surface area contributed by atoms with E-state index >= 15 is 0 Å². The molecule has 0 amide bonds. The number of rotatable bonds is 5. The zero-order valence-electron chi connectivity index (χ0n) is 17.0. The van der Waals surface area contributed by atoms with Crippen molar-refractivity contribution in [2.45, 2.75) is 32.7 Å². The zero-order chi connectivity index (χ0) is 22.4. The third-order valence-electron chi connectivity index (χ3n) is 4.80. The summed E-state index contributed by atoms with van der Waals surface area (Å²) in [6.45, 7) is 7.66. The molecule has 0 aliphatic carbocycles. The molecule has 1 N–H and O–H groups in total. The summed E-state index contributed by atoms with van der Waals surface area (Å²) in [6.07, 6.45) is -1.19. The van der Waals surface area contributed by atoms with Crippen molar-refractivity contribution in [1.29, 1.82) is 0 Å². The number of ether oxygens (including phenoxy) is 3. The average Bonchev–Trinajstić information content (AvgIpc) is 3.31. The normalized spacial score (nSPS) is 18.0. The Hall–Kier alpha value is -2.79. The van der Waals surface area contributed by atoms with Gasteiger partial charge in [-0.1, -0.05) is 6.07 Å². The second-order valence-electron chi connectivity index (χ2n) is 7.22. The van der Waals surface area contributed by atoms with Gasteiger partial charge in [0.15, 0.2) is 11.5 Å². The van der Waals surface area contributed by atoms with Crippen LogP contribution in [0.4, 0.5) is 13.2 Å². The summed E-state index contributed by atoms with van der Waals surface area (Å²) in [6, 6.07) is 6.20. The highest BCUT2D eigenvalue weighted by Gasteiger charge is 2.38. The fourth-order valence-corrected chi connectivity index (χ4v) is 3.45. The summed E-state index contributed by atoms with van der Waals surface area (Å²) >= 11 is 0. The molecule has 8 nitrogen and oxygen atoms in total. The summed E-state index contributed by atoms with van der Waals surface area (Å²) in [7, 11) is 0. The summed E-state index contributed by atoms with van der Waals surface area (Å²) in [5.41, 5.74) is 2.50. The number of alkyl halides is 3. The van der Waals surface area contributed by atoms with E-state index < -0.39 is 12.1 Å². The molecular formula is C20H24F3N3O5. The van der Waals surface area contributed by atoms with E-state index in [4.69, 9.17) is 24.1 Å². The first kappa shape index (κ1) is 22.9. The highest BCUT2D eigenvalue weighted by Crippen LogP contribution is 2.33. The van der Waals surface area contributed by atoms with Crippen LogP contribution < -0.4 is 9.47 Å². The number of carboxylic acid groups (broad SMARTS) is 1. The molecule has 1 atom stereocenters. The highest BCUT2D eigenvalue weighted by molar-refractivity contribution is 5.73. The number of aliphatic carboxylic acids is 1. The smallest absolute Gasteiger partial charge is 0.475 e. The van der Waals surface area contributed by atoms with Gasteiger partial charge < -0.3 is 23.9 Å². The van der Waals surface area contributed by atoms with Gasteiger partial charge in [0.2, 0.25) is 6.79 Å². The first-order chi connectivity index (χ1) is 14.8. The van der Waals surface area contributed by atoms with Crippen LogP contribution in [0, 0.1) is 5.92 Å². The Morgan fingerprint density at radius 3 is 2.74 bits per heavy atom. The van der Waals surface area contributed by atoms with Crippen LogP contribution in [0.3, 0.4) is 0 Å². The molecule has 0 fully saturated rings. The quantitative estimate of drug-likeness (QED) is 0.761. The number of benzene rings is 1. The minimum absolute atomic E-state index is 0.318. The molecular weight excluding hydrogens is 419 g/mol. The highest BCUT2D eigenvalue weighted by atomic mass is 19.4. The average molecular weight is 443 g/mol. The van der Waals surface area contributed by atoms with Crippen LogP contribution >= 0.6 is 0 Å². The first-order valence-electron chi connectivity index (χ1n) is 9.74. The number of imidazole rings is 1. The van der Waals surface area contributed by atoms with Gasteiger partial charge in [0.05, 0.1) is 18.6 Å². The maximum absolute atomic E-state index is 10.6. The second-order valence-corrected chi connectivity index (χ2v) is 7.22. The van der Waals surface area contributed by atoms with Crippen molar-refractivity contribution in [2.24, 2.45) is 5.92 Å². The van der Waals surface area contributed by atoms with Gasteiger partial charge in [0.25, 0.3) is 0 Å². The van der Waals surface area contributed by atoms with Gasteiger partial charge in [-0.15, -0.1) is 0 Å². The number of hydrogen-bond acceptors (Lipinski definition) is 6. The van der Waals surface area contributed by atoms with Gasteiger partial charge in [0, 0.05) is 44.9 Å². The van der Waals surface area contributed by atoms with Crippen molar-refractivity contribution in [2.75, 3.05) is 26.6 Å². The number of halogens is 3. The van der Waals surface area contributed by atoms with Gasteiger partial charge in [-0.2, -0.15) is 13.2 Å². The van der Waals surface area contributed by atoms with Crippen molar-refractivity contribution in [1.82, 2.24) is 14.5 Å². The molecule has 0 saturated heterocycles. The van der Waals surface area contributed by atoms with E-state index in [1.165, 1.54) is 11.3 Å². The number of nitrogens with zero attached hydrogens (tertiary/aromatic N) is 3. The van der Waals surface area contributed by atoms with Gasteiger partial charge in [-0.25, -0.2) is 9.78 Å². The summed E-state index contributed by atoms with van der Waals surface area (Å²) in [5, 5.41) is 7.12. The topological polar surface area (TPSA) is 86.1 Å². The molecule has 0 bridgehead atoms. The molecule has 1 aromatic heterocycles. The lowest BCUT2D eigenvalue weighted by atomic mass is 10.1. The Kier molecular flexibility index (Phi) is 7.39. The lowest BCUT2D eigenvalue weighted by Gasteiger charge is -2.24. The van der Waals surface area contributed by atoms with Gasteiger partial charge in [-0.3, -0.25) is 4.90 Å². The van der Waals surface area contributed by atoms with Crippen LogP contribution in [0.2, 0.25) is 0 Å². The molecule has 2 aliphatic rings. The van der Waals surface area contributed by atoms with E-state index in [1.54, 1.807) is 0 Å². The Balaban J connectivity index is 0.000000339. The van der Waals surface area contributed by atoms with E-state index in [9.17, 15) is 13.2 Å². The first-order valence-corrected chi connectivity index (χ1v) is 9.74. The Bertz CT molecular complexity index is 887. The Morgan fingerprint density at radius 1 is 1.29 bits per heavy atom. The monoisotopic (exact) mass is 443 g/mol. The molecule has 0 spiro atoms. The lowest BCUT2D eigenvalue weighted by Crippen LogP contribution is -2.30. The lowest BCUT2D eigenvalue weighted by molar-refractivity contribution is -0.192.